The van der Waals surface area contributed by atoms with E-state index in [0.717, 1.165) is 25.6 Å². The minimum Gasteiger partial charge on any atom is -0.474 e. The number of hydrogen-bond acceptors (Lipinski definition) is 5. The van der Waals surface area contributed by atoms with Crippen LogP contribution in [-0.4, -0.2) is 43.0 Å². The van der Waals surface area contributed by atoms with Crippen molar-refractivity contribution in [1.82, 2.24) is 15.6 Å². The molecule has 0 aliphatic carbocycles. The number of aromatic nitrogens is 1. The molecule has 0 spiro atoms. The van der Waals surface area contributed by atoms with Crippen molar-refractivity contribution in [1.29, 1.82) is 0 Å². The number of piperidine rings is 1. The quantitative estimate of drug-likeness (QED) is 0.753. The first kappa shape index (κ1) is 23.3. The fourth-order valence-corrected chi connectivity index (χ4v) is 2.59. The van der Waals surface area contributed by atoms with Gasteiger partial charge in [0.05, 0.1) is 5.41 Å². The van der Waals surface area contributed by atoms with Crippen molar-refractivity contribution in [3.05, 3.63) is 18.3 Å². The topological polar surface area (TPSA) is 72.5 Å². The first-order valence-electron chi connectivity index (χ1n) is 8.44. The molecular weight excluding hydrogens is 387 g/mol. The number of hydrogen-bond donors (Lipinski definition) is 2. The lowest BCUT2D eigenvalue weighted by molar-refractivity contribution is -0.275. The van der Waals surface area contributed by atoms with Gasteiger partial charge in [0, 0.05) is 12.2 Å². The van der Waals surface area contributed by atoms with Gasteiger partial charge in [0.1, 0.15) is 6.61 Å². The highest BCUT2D eigenvalue weighted by molar-refractivity contribution is 5.85. The Labute approximate surface area is 162 Å². The van der Waals surface area contributed by atoms with E-state index in [1.807, 2.05) is 0 Å². The van der Waals surface area contributed by atoms with E-state index in [1.54, 1.807) is 13.8 Å². The van der Waals surface area contributed by atoms with Crippen LogP contribution >= 0.6 is 12.4 Å². The first-order valence-corrected chi connectivity index (χ1v) is 8.44. The van der Waals surface area contributed by atoms with Crippen molar-refractivity contribution in [2.45, 2.75) is 39.6 Å². The third kappa shape index (κ3) is 7.06. The summed E-state index contributed by atoms with van der Waals surface area (Å²) >= 11 is 0. The Kier molecular flexibility index (Phi) is 8.16. The van der Waals surface area contributed by atoms with E-state index in [-0.39, 0.29) is 36.8 Å². The second-order valence-electron chi connectivity index (χ2n) is 7.08. The number of alkyl halides is 3. The molecule has 1 amide bonds. The molecule has 1 saturated heterocycles. The van der Waals surface area contributed by atoms with E-state index >= 15 is 0 Å². The largest absolute Gasteiger partial charge is 0.573 e. The molecule has 10 heteroatoms. The molecule has 2 N–H and O–H groups in total. The highest BCUT2D eigenvalue weighted by Gasteiger charge is 2.35. The highest BCUT2D eigenvalue weighted by Crippen LogP contribution is 2.31. The summed E-state index contributed by atoms with van der Waals surface area (Å²) in [6, 6.07) is 2.48. The van der Waals surface area contributed by atoms with Crippen LogP contribution in [0.15, 0.2) is 18.3 Å². The molecule has 1 aromatic rings. The van der Waals surface area contributed by atoms with Crippen molar-refractivity contribution >= 4 is 18.3 Å². The monoisotopic (exact) mass is 411 g/mol. The zero-order valence-corrected chi connectivity index (χ0v) is 16.2. The van der Waals surface area contributed by atoms with E-state index in [0.29, 0.717) is 5.92 Å². The van der Waals surface area contributed by atoms with Gasteiger partial charge < -0.3 is 20.1 Å². The summed E-state index contributed by atoms with van der Waals surface area (Å²) in [6.45, 7) is 6.91. The minimum atomic E-state index is -4.85. The van der Waals surface area contributed by atoms with Crippen LogP contribution in [0.3, 0.4) is 0 Å². The minimum absolute atomic E-state index is 0. The average molecular weight is 412 g/mol. The van der Waals surface area contributed by atoms with Crippen LogP contribution in [0.1, 0.15) is 27.2 Å². The predicted molar refractivity (Wildman–Crippen MR) is 96.0 cm³/mol. The normalized spacial score (nSPS) is 20.4. The molecule has 1 aromatic heterocycles. The molecule has 1 fully saturated rings. The molecule has 1 aliphatic rings. The van der Waals surface area contributed by atoms with Crippen LogP contribution in [0.5, 0.6) is 11.6 Å². The van der Waals surface area contributed by atoms with Gasteiger partial charge in [-0.2, -0.15) is 0 Å². The smallest absolute Gasteiger partial charge is 0.474 e. The molecular formula is C17H25ClF3N3O3. The molecule has 6 nitrogen and oxygen atoms in total. The Hall–Kier alpha value is -1.74. The molecule has 2 heterocycles. The van der Waals surface area contributed by atoms with Crippen molar-refractivity contribution in [3.8, 4) is 11.6 Å². The molecule has 0 radical (unpaired) electrons. The molecule has 0 saturated carbocycles. The van der Waals surface area contributed by atoms with Gasteiger partial charge in [-0.15, -0.1) is 25.6 Å². The maximum absolute atomic E-state index is 12.6. The Morgan fingerprint density at radius 1 is 1.41 bits per heavy atom. The third-order valence-corrected chi connectivity index (χ3v) is 4.25. The number of ether oxygens (including phenoxy) is 2. The Balaban J connectivity index is 0.00000364. The molecule has 2 unspecified atom stereocenters. The Bertz CT molecular complexity index is 629. The van der Waals surface area contributed by atoms with E-state index in [1.165, 1.54) is 12.3 Å². The fraction of sp³-hybridized carbons (Fsp3) is 0.647. The van der Waals surface area contributed by atoms with Gasteiger partial charge in [-0.1, -0.05) is 6.92 Å². The van der Waals surface area contributed by atoms with Gasteiger partial charge in [0.2, 0.25) is 5.91 Å². The number of nitrogens with one attached hydrogen (secondary N) is 2. The maximum atomic E-state index is 12.6. The summed E-state index contributed by atoms with van der Waals surface area (Å²) in [4.78, 5) is 16.3. The van der Waals surface area contributed by atoms with Gasteiger partial charge in [-0.25, -0.2) is 4.98 Å². The second kappa shape index (κ2) is 9.45. The molecule has 2 rings (SSSR count). The van der Waals surface area contributed by atoms with Gasteiger partial charge in [0.15, 0.2) is 5.75 Å². The maximum Gasteiger partial charge on any atom is 0.573 e. The predicted octanol–water partition coefficient (Wildman–Crippen LogP) is 2.92. The standard InChI is InChI=1S/C17H24F3N3O3.ClH/c1-11-9-21-8-6-12(11)23-15(24)16(2,3)10-25-14-13(5-4-7-22-14)26-17(18,19)20;/h4-5,7,11-12,21H,6,8-10H2,1-3H3,(H,23,24);1H. The van der Waals surface area contributed by atoms with Crippen molar-refractivity contribution in [2.75, 3.05) is 19.7 Å². The zero-order chi connectivity index (χ0) is 19.4. The summed E-state index contributed by atoms with van der Waals surface area (Å²) in [5.41, 5.74) is -0.947. The molecule has 0 bridgehead atoms. The van der Waals surface area contributed by atoms with Crippen LogP contribution in [0.4, 0.5) is 13.2 Å². The first-order chi connectivity index (χ1) is 12.1. The van der Waals surface area contributed by atoms with Crippen LogP contribution in [0.25, 0.3) is 0 Å². The lowest BCUT2D eigenvalue weighted by Crippen LogP contribution is -2.52. The third-order valence-electron chi connectivity index (χ3n) is 4.25. The Morgan fingerprint density at radius 3 is 2.74 bits per heavy atom. The van der Waals surface area contributed by atoms with Gasteiger partial charge in [0.25, 0.3) is 5.88 Å². The van der Waals surface area contributed by atoms with Gasteiger partial charge in [-0.3, -0.25) is 4.79 Å². The lowest BCUT2D eigenvalue weighted by atomic mass is 9.90. The number of halogens is 4. The number of amides is 1. The summed E-state index contributed by atoms with van der Waals surface area (Å²) in [5, 5.41) is 6.27. The number of nitrogens with zero attached hydrogens (tertiary/aromatic N) is 1. The van der Waals surface area contributed by atoms with E-state index in [2.05, 4.69) is 27.3 Å². The average Bonchev–Trinajstić information content (AvgIpc) is 2.54. The number of pyridine rings is 1. The van der Waals surface area contributed by atoms with E-state index in [4.69, 9.17) is 4.74 Å². The van der Waals surface area contributed by atoms with E-state index in [9.17, 15) is 18.0 Å². The van der Waals surface area contributed by atoms with Crippen LogP contribution in [0, 0.1) is 11.3 Å². The molecule has 154 valence electrons. The SMILES string of the molecule is CC1CNCCC1NC(=O)C(C)(C)COc1ncccc1OC(F)(F)F.Cl. The number of rotatable bonds is 6. The molecule has 2 atom stereocenters. The summed E-state index contributed by atoms with van der Waals surface area (Å²) in [5.74, 6) is -0.762. The Morgan fingerprint density at radius 2 is 2.11 bits per heavy atom. The molecule has 0 aromatic carbocycles. The van der Waals surface area contributed by atoms with Crippen molar-refractivity contribution in [3.63, 3.8) is 0 Å². The van der Waals surface area contributed by atoms with Gasteiger partial charge >= 0.3 is 6.36 Å². The van der Waals surface area contributed by atoms with Crippen LogP contribution < -0.4 is 20.1 Å². The molecule has 1 aliphatic heterocycles. The fourth-order valence-electron chi connectivity index (χ4n) is 2.59. The number of carbonyl (C=O) groups is 1. The second-order valence-corrected chi connectivity index (χ2v) is 7.08. The van der Waals surface area contributed by atoms with Crippen molar-refractivity contribution in [2.24, 2.45) is 11.3 Å². The van der Waals surface area contributed by atoms with Gasteiger partial charge in [-0.05, 0) is 51.4 Å². The van der Waals surface area contributed by atoms with Crippen LogP contribution in [0.2, 0.25) is 0 Å². The summed E-state index contributed by atoms with van der Waals surface area (Å²) in [6.07, 6.45) is -2.73. The highest BCUT2D eigenvalue weighted by atomic mass is 35.5. The zero-order valence-electron chi connectivity index (χ0n) is 15.4. The van der Waals surface area contributed by atoms with E-state index < -0.39 is 17.5 Å². The number of carbonyl (C=O) groups excluding carboxylic acids is 1. The summed E-state index contributed by atoms with van der Waals surface area (Å²) < 4.78 is 46.6. The molecule has 27 heavy (non-hydrogen) atoms. The summed E-state index contributed by atoms with van der Waals surface area (Å²) in [7, 11) is 0. The van der Waals surface area contributed by atoms with Crippen LogP contribution in [-0.2, 0) is 4.79 Å². The van der Waals surface area contributed by atoms with Crippen molar-refractivity contribution < 1.29 is 27.4 Å². The lowest BCUT2D eigenvalue weighted by Gasteiger charge is -2.33.